The van der Waals surface area contributed by atoms with Crippen LogP contribution >= 0.6 is 0 Å². The number of rotatable bonds is 2. The summed E-state index contributed by atoms with van der Waals surface area (Å²) >= 11 is 0. The summed E-state index contributed by atoms with van der Waals surface area (Å²) in [4.78, 5) is 17.8. The van der Waals surface area contributed by atoms with Crippen molar-refractivity contribution >= 4 is 16.8 Å². The van der Waals surface area contributed by atoms with Crippen molar-refractivity contribution in [3.63, 3.8) is 0 Å². The third kappa shape index (κ3) is 2.29. The maximum atomic E-state index is 13.0. The van der Waals surface area contributed by atoms with E-state index in [0.29, 0.717) is 5.56 Å². The van der Waals surface area contributed by atoms with Gasteiger partial charge in [0.15, 0.2) is 0 Å². The highest BCUT2D eigenvalue weighted by Crippen LogP contribution is 2.30. The van der Waals surface area contributed by atoms with Crippen molar-refractivity contribution in [1.82, 2.24) is 14.8 Å². The van der Waals surface area contributed by atoms with Crippen LogP contribution in [0.4, 0.5) is 0 Å². The van der Waals surface area contributed by atoms with E-state index in [4.69, 9.17) is 4.98 Å². The van der Waals surface area contributed by atoms with E-state index in [-0.39, 0.29) is 5.91 Å². The Morgan fingerprint density at radius 1 is 0.958 bits per heavy atom. The first-order valence-electron chi connectivity index (χ1n) is 7.75. The van der Waals surface area contributed by atoms with E-state index >= 15 is 0 Å². The third-order valence-corrected chi connectivity index (χ3v) is 4.11. The first-order chi connectivity index (χ1) is 11.8. The van der Waals surface area contributed by atoms with Crippen LogP contribution in [0.2, 0.25) is 0 Å². The molecule has 4 aromatic rings. The molecule has 2 heterocycles. The number of pyridine rings is 1. The molecule has 4 rings (SSSR count). The molecule has 0 atom stereocenters. The van der Waals surface area contributed by atoms with Crippen molar-refractivity contribution in [1.29, 1.82) is 0 Å². The van der Waals surface area contributed by atoms with E-state index in [9.17, 15) is 4.79 Å². The zero-order chi connectivity index (χ0) is 16.5. The molecule has 0 saturated heterocycles. The van der Waals surface area contributed by atoms with Crippen LogP contribution in [0.5, 0.6) is 0 Å². The van der Waals surface area contributed by atoms with Crippen LogP contribution in [0, 0.1) is 6.92 Å². The fourth-order valence-corrected chi connectivity index (χ4v) is 2.96. The summed E-state index contributed by atoms with van der Waals surface area (Å²) in [5.41, 5.74) is 4.13. The van der Waals surface area contributed by atoms with Crippen molar-refractivity contribution in [2.45, 2.75) is 6.92 Å². The Balaban J connectivity index is 2.04. The van der Waals surface area contributed by atoms with Crippen LogP contribution in [0.3, 0.4) is 0 Å². The van der Waals surface area contributed by atoms with Gasteiger partial charge in [0.05, 0.1) is 16.8 Å². The first-order valence-corrected chi connectivity index (χ1v) is 7.75. The molecule has 0 aliphatic rings. The second-order valence-electron chi connectivity index (χ2n) is 5.60. The van der Waals surface area contributed by atoms with Gasteiger partial charge < -0.3 is 0 Å². The summed E-state index contributed by atoms with van der Waals surface area (Å²) in [6.07, 6.45) is 3.27. The van der Waals surface area contributed by atoms with Gasteiger partial charge in [-0.3, -0.25) is 4.79 Å². The van der Waals surface area contributed by atoms with Crippen LogP contribution in [-0.4, -0.2) is 20.7 Å². The van der Waals surface area contributed by atoms with Gasteiger partial charge in [0.25, 0.3) is 5.91 Å². The molecule has 116 valence electrons. The lowest BCUT2D eigenvalue weighted by molar-refractivity contribution is 0.0946. The maximum Gasteiger partial charge on any atom is 0.279 e. The molecule has 4 nitrogen and oxygen atoms in total. The zero-order valence-electron chi connectivity index (χ0n) is 13.2. The minimum atomic E-state index is -0.145. The Hall–Kier alpha value is -3.27. The second-order valence-corrected chi connectivity index (χ2v) is 5.60. The molecule has 0 fully saturated rings. The van der Waals surface area contributed by atoms with Gasteiger partial charge in [-0.1, -0.05) is 48.5 Å². The fourth-order valence-electron chi connectivity index (χ4n) is 2.96. The first kappa shape index (κ1) is 14.3. The third-order valence-electron chi connectivity index (χ3n) is 4.11. The molecule has 2 aromatic heterocycles. The molecular weight excluding hydrogens is 298 g/mol. The molecule has 0 bridgehead atoms. The van der Waals surface area contributed by atoms with Crippen molar-refractivity contribution < 1.29 is 4.79 Å². The SMILES string of the molecule is Cc1c(-c2ccccc2)nc2ccccc2c1C(=O)n1cccn1. The molecule has 0 spiro atoms. The predicted octanol–water partition coefficient (Wildman–Crippen LogP) is 4.10. The van der Waals surface area contributed by atoms with Gasteiger partial charge in [-0.25, -0.2) is 9.67 Å². The largest absolute Gasteiger partial charge is 0.279 e. The van der Waals surface area contributed by atoms with Gasteiger partial charge in [-0.05, 0) is 24.6 Å². The van der Waals surface area contributed by atoms with Crippen molar-refractivity contribution in [2.24, 2.45) is 0 Å². The molecular formula is C20H15N3O. The molecule has 0 saturated carbocycles. The number of hydrogen-bond acceptors (Lipinski definition) is 3. The minimum Gasteiger partial charge on any atom is -0.267 e. The van der Waals surface area contributed by atoms with Crippen LogP contribution in [0.15, 0.2) is 73.1 Å². The molecule has 0 N–H and O–H groups in total. The lowest BCUT2D eigenvalue weighted by Crippen LogP contribution is -2.15. The second kappa shape index (κ2) is 5.74. The highest BCUT2D eigenvalue weighted by atomic mass is 16.2. The van der Waals surface area contributed by atoms with Gasteiger partial charge in [0, 0.05) is 23.3 Å². The van der Waals surface area contributed by atoms with Crippen LogP contribution < -0.4 is 0 Å². The number of carbonyl (C=O) groups is 1. The monoisotopic (exact) mass is 313 g/mol. The summed E-state index contributed by atoms with van der Waals surface area (Å²) < 4.78 is 1.36. The van der Waals surface area contributed by atoms with Crippen molar-refractivity contribution in [2.75, 3.05) is 0 Å². The standard InChI is InChI=1S/C20H15N3O/c1-14-18(20(24)23-13-7-12-21-23)16-10-5-6-11-17(16)22-19(14)15-8-3-2-4-9-15/h2-13H,1H3. The van der Waals surface area contributed by atoms with Crippen molar-refractivity contribution in [3.8, 4) is 11.3 Å². The highest BCUT2D eigenvalue weighted by Gasteiger charge is 2.20. The minimum absolute atomic E-state index is 0.145. The summed E-state index contributed by atoms with van der Waals surface area (Å²) in [6, 6.07) is 19.4. The fraction of sp³-hybridized carbons (Fsp3) is 0.0500. The van der Waals surface area contributed by atoms with Gasteiger partial charge in [-0.2, -0.15) is 5.10 Å². The normalized spacial score (nSPS) is 10.9. The number of nitrogens with zero attached hydrogens (tertiary/aromatic N) is 3. The lowest BCUT2D eigenvalue weighted by atomic mass is 9.97. The molecule has 4 heteroatoms. The molecule has 24 heavy (non-hydrogen) atoms. The Kier molecular flexibility index (Phi) is 3.43. The van der Waals surface area contributed by atoms with Crippen molar-refractivity contribution in [3.05, 3.63) is 84.2 Å². The van der Waals surface area contributed by atoms with E-state index in [2.05, 4.69) is 5.10 Å². The van der Waals surface area contributed by atoms with E-state index < -0.39 is 0 Å². The van der Waals surface area contributed by atoms with E-state index in [1.54, 1.807) is 18.5 Å². The predicted molar refractivity (Wildman–Crippen MR) is 93.9 cm³/mol. The molecule has 0 amide bonds. The molecule has 2 aromatic carbocycles. The number of benzene rings is 2. The molecule has 0 unspecified atom stereocenters. The average Bonchev–Trinajstić information content (AvgIpc) is 3.16. The number of fused-ring (bicyclic) bond motifs is 1. The van der Waals surface area contributed by atoms with Gasteiger partial charge in [-0.15, -0.1) is 0 Å². The van der Waals surface area contributed by atoms with Crippen LogP contribution in [-0.2, 0) is 0 Å². The zero-order valence-corrected chi connectivity index (χ0v) is 13.2. The summed E-state index contributed by atoms with van der Waals surface area (Å²) in [5, 5.41) is 4.93. The molecule has 0 aliphatic carbocycles. The van der Waals surface area contributed by atoms with Gasteiger partial charge in [0.1, 0.15) is 0 Å². The smallest absolute Gasteiger partial charge is 0.267 e. The number of carbonyl (C=O) groups excluding carboxylic acids is 1. The average molecular weight is 313 g/mol. The van der Waals surface area contributed by atoms with Gasteiger partial charge in [0.2, 0.25) is 0 Å². The Labute approximate surface area is 139 Å². The Morgan fingerprint density at radius 2 is 1.71 bits per heavy atom. The molecule has 0 radical (unpaired) electrons. The van der Waals surface area contributed by atoms with Crippen LogP contribution in [0.1, 0.15) is 15.9 Å². The lowest BCUT2D eigenvalue weighted by Gasteiger charge is -2.14. The Morgan fingerprint density at radius 3 is 2.46 bits per heavy atom. The van der Waals surface area contributed by atoms with E-state index in [1.165, 1.54) is 4.68 Å². The summed E-state index contributed by atoms with van der Waals surface area (Å²) in [7, 11) is 0. The highest BCUT2D eigenvalue weighted by molar-refractivity contribution is 6.09. The summed E-state index contributed by atoms with van der Waals surface area (Å²) in [6.45, 7) is 1.94. The Bertz CT molecular complexity index is 1020. The topological polar surface area (TPSA) is 47.8 Å². The number of aromatic nitrogens is 3. The summed E-state index contributed by atoms with van der Waals surface area (Å²) in [5.74, 6) is -0.145. The number of para-hydroxylation sites is 1. The molecule has 0 aliphatic heterocycles. The van der Waals surface area contributed by atoms with E-state index in [1.807, 2.05) is 61.5 Å². The quantitative estimate of drug-likeness (QED) is 0.560. The number of hydrogen-bond donors (Lipinski definition) is 0. The maximum absolute atomic E-state index is 13.0. The van der Waals surface area contributed by atoms with E-state index in [0.717, 1.165) is 27.7 Å². The van der Waals surface area contributed by atoms with Gasteiger partial charge >= 0.3 is 0 Å². The van der Waals surface area contributed by atoms with Crippen LogP contribution in [0.25, 0.3) is 22.2 Å².